The predicted molar refractivity (Wildman–Crippen MR) is 93.5 cm³/mol. The van der Waals surface area contributed by atoms with Crippen molar-refractivity contribution in [1.82, 2.24) is 5.32 Å². The lowest BCUT2D eigenvalue weighted by molar-refractivity contribution is -0.116. The van der Waals surface area contributed by atoms with Gasteiger partial charge in [-0.3, -0.25) is 9.59 Å². The van der Waals surface area contributed by atoms with Crippen LogP contribution in [-0.2, 0) is 4.79 Å². The van der Waals surface area contributed by atoms with Crippen LogP contribution in [0.25, 0.3) is 0 Å². The molecule has 2 aromatic rings. The zero-order valence-corrected chi connectivity index (χ0v) is 13.4. The van der Waals surface area contributed by atoms with Crippen LogP contribution in [0.5, 0.6) is 0 Å². The Labute approximate surface area is 141 Å². The Morgan fingerprint density at radius 3 is 2.33 bits per heavy atom. The first-order valence-electron chi connectivity index (χ1n) is 8.13. The number of benzene rings is 2. The highest BCUT2D eigenvalue weighted by molar-refractivity contribution is 5.96. The van der Waals surface area contributed by atoms with Crippen molar-refractivity contribution in [1.29, 1.82) is 0 Å². The lowest BCUT2D eigenvalue weighted by atomic mass is 10.0. The molecule has 3 rings (SSSR count). The molecule has 0 heterocycles. The zero-order valence-electron chi connectivity index (χ0n) is 13.4. The molecule has 1 fully saturated rings. The molecule has 0 radical (unpaired) electrons. The van der Waals surface area contributed by atoms with E-state index in [0.29, 0.717) is 17.3 Å². The fraction of sp³-hybridized carbons (Fsp3) is 0.263. The minimum absolute atomic E-state index is 0.0681. The van der Waals surface area contributed by atoms with E-state index in [-0.39, 0.29) is 24.3 Å². The number of nitrogens with two attached hydrogens (primary N) is 1. The third-order valence-corrected chi connectivity index (χ3v) is 3.98. The first-order chi connectivity index (χ1) is 11.6. The molecule has 0 saturated heterocycles. The Balaban J connectivity index is 1.53. The summed E-state index contributed by atoms with van der Waals surface area (Å²) in [6.45, 7) is 0. The minimum atomic E-state index is -0.338. The third kappa shape index (κ3) is 4.43. The highest BCUT2D eigenvalue weighted by Crippen LogP contribution is 2.20. The van der Waals surface area contributed by atoms with Gasteiger partial charge in [-0.25, -0.2) is 0 Å². The monoisotopic (exact) mass is 323 g/mol. The van der Waals surface area contributed by atoms with Gasteiger partial charge in [-0.05, 0) is 42.7 Å². The number of carbonyl (C=O) groups excluding carboxylic acids is 2. The molecule has 1 aliphatic rings. The number of hydrogen-bond acceptors (Lipinski definition) is 3. The van der Waals surface area contributed by atoms with Gasteiger partial charge in [-0.1, -0.05) is 30.3 Å². The topological polar surface area (TPSA) is 84.2 Å². The van der Waals surface area contributed by atoms with Crippen LogP contribution in [0.1, 0.15) is 41.2 Å². The molecule has 0 aromatic heterocycles. The normalized spacial score (nSPS) is 14.7. The molecule has 0 aliphatic heterocycles. The molecule has 0 bridgehead atoms. The number of rotatable bonds is 6. The molecule has 4 N–H and O–H groups in total. The summed E-state index contributed by atoms with van der Waals surface area (Å²) in [6, 6.07) is 16.4. The molecule has 124 valence electrons. The maximum absolute atomic E-state index is 12.1. The molecular weight excluding hydrogens is 302 g/mol. The molecule has 24 heavy (non-hydrogen) atoms. The summed E-state index contributed by atoms with van der Waals surface area (Å²) >= 11 is 0. The molecule has 2 amide bonds. The highest BCUT2D eigenvalue weighted by Gasteiger charge is 2.23. The van der Waals surface area contributed by atoms with Crippen molar-refractivity contribution in [3.8, 4) is 0 Å². The first-order valence-corrected chi connectivity index (χ1v) is 8.13. The minimum Gasteiger partial charge on any atom is -0.349 e. The Hall–Kier alpha value is -2.66. The molecule has 0 spiro atoms. The summed E-state index contributed by atoms with van der Waals surface area (Å²) in [5.41, 5.74) is 8.24. The van der Waals surface area contributed by atoms with Gasteiger partial charge in [0.1, 0.15) is 0 Å². The second kappa shape index (κ2) is 7.27. The maximum atomic E-state index is 12.1. The molecule has 2 aromatic carbocycles. The molecule has 1 unspecified atom stereocenters. The predicted octanol–water partition coefficient (Wildman–Crippen LogP) is 2.61. The summed E-state index contributed by atoms with van der Waals surface area (Å²) in [5.74, 6) is -0.219. The second-order valence-electron chi connectivity index (χ2n) is 6.09. The third-order valence-electron chi connectivity index (χ3n) is 3.98. The Bertz CT molecular complexity index is 709. The van der Waals surface area contributed by atoms with E-state index in [1.807, 2.05) is 30.3 Å². The van der Waals surface area contributed by atoms with Crippen molar-refractivity contribution in [3.05, 3.63) is 65.7 Å². The van der Waals surface area contributed by atoms with Gasteiger partial charge >= 0.3 is 0 Å². The van der Waals surface area contributed by atoms with Crippen LogP contribution in [0.3, 0.4) is 0 Å². The molecule has 5 nitrogen and oxygen atoms in total. The van der Waals surface area contributed by atoms with Gasteiger partial charge in [-0.2, -0.15) is 0 Å². The van der Waals surface area contributed by atoms with Crippen LogP contribution in [0.4, 0.5) is 5.69 Å². The van der Waals surface area contributed by atoms with Gasteiger partial charge in [0.05, 0.1) is 0 Å². The standard InChI is InChI=1S/C19H21N3O2/c20-17(13-4-2-1-3-5-13)12-18(23)21-15-8-6-14(7-9-15)19(24)22-16-10-11-16/h1-9,16-17H,10-12,20H2,(H,21,23)(H,22,24). The van der Waals surface area contributed by atoms with Crippen LogP contribution in [-0.4, -0.2) is 17.9 Å². The Kier molecular flexibility index (Phi) is 4.91. The summed E-state index contributed by atoms with van der Waals surface area (Å²) in [6.07, 6.45) is 2.32. The van der Waals surface area contributed by atoms with Crippen LogP contribution < -0.4 is 16.4 Å². The summed E-state index contributed by atoms with van der Waals surface area (Å²) in [5, 5.41) is 5.74. The van der Waals surface area contributed by atoms with E-state index >= 15 is 0 Å². The van der Waals surface area contributed by atoms with E-state index in [2.05, 4.69) is 10.6 Å². The van der Waals surface area contributed by atoms with E-state index in [4.69, 9.17) is 5.73 Å². The first kappa shape index (κ1) is 16.2. The van der Waals surface area contributed by atoms with Crippen molar-refractivity contribution in [2.45, 2.75) is 31.3 Å². The molecule has 5 heteroatoms. The average Bonchev–Trinajstić information content (AvgIpc) is 3.40. The Morgan fingerprint density at radius 1 is 1.04 bits per heavy atom. The van der Waals surface area contributed by atoms with Crippen molar-refractivity contribution >= 4 is 17.5 Å². The van der Waals surface area contributed by atoms with Crippen molar-refractivity contribution < 1.29 is 9.59 Å². The summed E-state index contributed by atoms with van der Waals surface area (Å²) < 4.78 is 0. The molecule has 1 atom stereocenters. The SMILES string of the molecule is NC(CC(=O)Nc1ccc(C(=O)NC2CC2)cc1)c1ccccc1. The lowest BCUT2D eigenvalue weighted by Gasteiger charge is -2.12. The van der Waals surface area contributed by atoms with E-state index in [9.17, 15) is 9.59 Å². The highest BCUT2D eigenvalue weighted by atomic mass is 16.2. The molecule has 1 aliphatic carbocycles. The van der Waals surface area contributed by atoms with Crippen molar-refractivity contribution in [2.75, 3.05) is 5.32 Å². The lowest BCUT2D eigenvalue weighted by Crippen LogP contribution is -2.25. The maximum Gasteiger partial charge on any atom is 0.251 e. The average molecular weight is 323 g/mol. The van der Waals surface area contributed by atoms with Gasteiger partial charge < -0.3 is 16.4 Å². The van der Waals surface area contributed by atoms with Crippen molar-refractivity contribution in [2.24, 2.45) is 5.73 Å². The number of carbonyl (C=O) groups is 2. The van der Waals surface area contributed by atoms with Crippen LogP contribution in [0.15, 0.2) is 54.6 Å². The summed E-state index contributed by atoms with van der Waals surface area (Å²) in [4.78, 5) is 24.0. The van der Waals surface area contributed by atoms with E-state index < -0.39 is 0 Å². The van der Waals surface area contributed by atoms with Crippen LogP contribution in [0.2, 0.25) is 0 Å². The van der Waals surface area contributed by atoms with Gasteiger partial charge in [0.25, 0.3) is 5.91 Å². The number of amides is 2. The van der Waals surface area contributed by atoms with Gasteiger partial charge in [0.2, 0.25) is 5.91 Å². The van der Waals surface area contributed by atoms with Gasteiger partial charge in [0, 0.05) is 29.8 Å². The number of anilines is 1. The second-order valence-corrected chi connectivity index (χ2v) is 6.09. The molecular formula is C19H21N3O2. The van der Waals surface area contributed by atoms with Gasteiger partial charge in [-0.15, -0.1) is 0 Å². The number of hydrogen-bond donors (Lipinski definition) is 3. The number of nitrogens with one attached hydrogen (secondary N) is 2. The molecule has 1 saturated carbocycles. The fourth-order valence-corrected chi connectivity index (χ4v) is 2.43. The van der Waals surface area contributed by atoms with Gasteiger partial charge in [0.15, 0.2) is 0 Å². The summed E-state index contributed by atoms with van der Waals surface area (Å²) in [7, 11) is 0. The van der Waals surface area contributed by atoms with E-state index in [1.54, 1.807) is 24.3 Å². The van der Waals surface area contributed by atoms with E-state index in [0.717, 1.165) is 18.4 Å². The van der Waals surface area contributed by atoms with Crippen LogP contribution in [0, 0.1) is 0 Å². The van der Waals surface area contributed by atoms with Crippen LogP contribution >= 0.6 is 0 Å². The quantitative estimate of drug-likeness (QED) is 0.764. The fourth-order valence-electron chi connectivity index (χ4n) is 2.43. The van der Waals surface area contributed by atoms with Crippen molar-refractivity contribution in [3.63, 3.8) is 0 Å². The smallest absolute Gasteiger partial charge is 0.251 e. The largest absolute Gasteiger partial charge is 0.349 e. The zero-order chi connectivity index (χ0) is 16.9. The Morgan fingerprint density at radius 2 is 1.71 bits per heavy atom. The van der Waals surface area contributed by atoms with E-state index in [1.165, 1.54) is 0 Å².